The van der Waals surface area contributed by atoms with E-state index >= 15 is 0 Å². The molecule has 0 saturated heterocycles. The minimum Gasteiger partial charge on any atom is -0.303 e. The van der Waals surface area contributed by atoms with Crippen molar-refractivity contribution in [3.8, 4) is 0 Å². The van der Waals surface area contributed by atoms with Gasteiger partial charge in [-0.3, -0.25) is 0 Å². The average Bonchev–Trinajstić information content (AvgIpc) is 2.46. The molecule has 0 radical (unpaired) electrons. The van der Waals surface area contributed by atoms with E-state index in [-0.39, 0.29) is 0 Å². The van der Waals surface area contributed by atoms with Crippen molar-refractivity contribution in [3.63, 3.8) is 0 Å². The molecule has 0 aromatic heterocycles. The molecule has 0 amide bonds. The van der Waals surface area contributed by atoms with Gasteiger partial charge in [-0.2, -0.15) is 0 Å². The fraction of sp³-hybridized carbons (Fsp3) is 0.889. The minimum atomic E-state index is 0.416. The molecule has 2 bridgehead atoms. The van der Waals surface area contributed by atoms with Crippen molar-refractivity contribution in [2.24, 2.45) is 23.7 Å². The quantitative estimate of drug-likeness (QED) is 0.505. The van der Waals surface area contributed by atoms with Gasteiger partial charge in [0, 0.05) is 5.92 Å². The molecule has 0 heterocycles. The van der Waals surface area contributed by atoms with Crippen LogP contribution in [0.4, 0.5) is 0 Å². The Hall–Kier alpha value is -0.330. The molecule has 0 aromatic rings. The molecule has 4 unspecified atom stereocenters. The van der Waals surface area contributed by atoms with Crippen molar-refractivity contribution in [2.45, 2.75) is 26.2 Å². The van der Waals surface area contributed by atoms with E-state index in [9.17, 15) is 4.79 Å². The van der Waals surface area contributed by atoms with E-state index in [0.717, 1.165) is 11.8 Å². The van der Waals surface area contributed by atoms with Crippen molar-refractivity contribution >= 4 is 6.29 Å². The van der Waals surface area contributed by atoms with Gasteiger partial charge in [0.25, 0.3) is 0 Å². The maximum atomic E-state index is 10.6. The van der Waals surface area contributed by atoms with E-state index in [1.807, 2.05) is 0 Å². The molecular weight excluding hydrogens is 124 g/mol. The first-order valence-electron chi connectivity index (χ1n) is 4.28. The molecule has 2 fully saturated rings. The van der Waals surface area contributed by atoms with Crippen LogP contribution in [0.3, 0.4) is 0 Å². The van der Waals surface area contributed by atoms with Crippen molar-refractivity contribution in [1.29, 1.82) is 0 Å². The highest BCUT2D eigenvalue weighted by Gasteiger charge is 2.44. The standard InChI is InChI=1S/C9H14O/c1-6-7-2-3-8(4-7)9(6)5-10/h5-9H,2-4H2,1H3. The first-order valence-corrected chi connectivity index (χ1v) is 4.28. The van der Waals surface area contributed by atoms with Crippen LogP contribution < -0.4 is 0 Å². The van der Waals surface area contributed by atoms with Crippen LogP contribution in [-0.4, -0.2) is 6.29 Å². The molecule has 56 valence electrons. The minimum absolute atomic E-state index is 0.416. The van der Waals surface area contributed by atoms with Crippen LogP contribution in [0.1, 0.15) is 26.2 Å². The summed E-state index contributed by atoms with van der Waals surface area (Å²) in [5.74, 6) is 2.76. The van der Waals surface area contributed by atoms with Crippen LogP contribution in [0.25, 0.3) is 0 Å². The largest absolute Gasteiger partial charge is 0.303 e. The van der Waals surface area contributed by atoms with Crippen molar-refractivity contribution in [2.75, 3.05) is 0 Å². The number of carbonyl (C=O) groups is 1. The van der Waals surface area contributed by atoms with Gasteiger partial charge in [0.15, 0.2) is 0 Å². The lowest BCUT2D eigenvalue weighted by molar-refractivity contribution is -0.113. The number of rotatable bonds is 1. The molecule has 10 heavy (non-hydrogen) atoms. The molecule has 0 aliphatic heterocycles. The summed E-state index contributed by atoms with van der Waals surface area (Å²) in [7, 11) is 0. The van der Waals surface area contributed by atoms with Gasteiger partial charge >= 0.3 is 0 Å². The third-order valence-electron chi connectivity index (χ3n) is 3.57. The SMILES string of the molecule is CC1C2CCC(C2)C1C=O. The van der Waals surface area contributed by atoms with Gasteiger partial charge in [-0.15, -0.1) is 0 Å². The Morgan fingerprint density at radius 3 is 2.40 bits per heavy atom. The maximum absolute atomic E-state index is 10.6. The Morgan fingerprint density at radius 1 is 1.30 bits per heavy atom. The molecule has 0 aromatic carbocycles. The number of hydrogen-bond acceptors (Lipinski definition) is 1. The van der Waals surface area contributed by atoms with Gasteiger partial charge in [-0.1, -0.05) is 6.92 Å². The molecule has 0 spiro atoms. The second kappa shape index (κ2) is 2.08. The number of hydrogen-bond donors (Lipinski definition) is 0. The molecule has 4 atom stereocenters. The van der Waals surface area contributed by atoms with Crippen LogP contribution >= 0.6 is 0 Å². The average molecular weight is 138 g/mol. The van der Waals surface area contributed by atoms with E-state index in [4.69, 9.17) is 0 Å². The lowest BCUT2D eigenvalue weighted by Crippen LogP contribution is -2.20. The second-order valence-corrected chi connectivity index (χ2v) is 3.91. The van der Waals surface area contributed by atoms with Crippen LogP contribution in [0.5, 0.6) is 0 Å². The first-order chi connectivity index (χ1) is 4.83. The highest BCUT2D eigenvalue weighted by Crippen LogP contribution is 2.51. The number of fused-ring (bicyclic) bond motifs is 2. The fourth-order valence-corrected chi connectivity index (χ4v) is 2.86. The summed E-state index contributed by atoms with van der Waals surface area (Å²) in [5, 5.41) is 0. The second-order valence-electron chi connectivity index (χ2n) is 3.91. The molecule has 0 N–H and O–H groups in total. The van der Waals surface area contributed by atoms with E-state index in [1.54, 1.807) is 0 Å². The Balaban J connectivity index is 2.16. The van der Waals surface area contributed by atoms with E-state index in [2.05, 4.69) is 6.92 Å². The Kier molecular flexibility index (Phi) is 1.33. The number of aldehydes is 1. The third-order valence-corrected chi connectivity index (χ3v) is 3.57. The smallest absolute Gasteiger partial charge is 0.123 e. The van der Waals surface area contributed by atoms with Gasteiger partial charge in [-0.25, -0.2) is 0 Å². The predicted octanol–water partition coefficient (Wildman–Crippen LogP) is 1.87. The molecule has 2 aliphatic rings. The van der Waals surface area contributed by atoms with Gasteiger partial charge in [-0.05, 0) is 37.0 Å². The summed E-state index contributed by atoms with van der Waals surface area (Å²) in [4.78, 5) is 10.6. The Labute approximate surface area is 61.8 Å². The van der Waals surface area contributed by atoms with Gasteiger partial charge in [0.2, 0.25) is 0 Å². The lowest BCUT2D eigenvalue weighted by Gasteiger charge is -2.22. The third kappa shape index (κ3) is 0.664. The molecule has 1 heteroatoms. The van der Waals surface area contributed by atoms with E-state index < -0.39 is 0 Å². The summed E-state index contributed by atoms with van der Waals surface area (Å²) in [5.41, 5.74) is 0. The highest BCUT2D eigenvalue weighted by molar-refractivity contribution is 5.55. The van der Waals surface area contributed by atoms with Gasteiger partial charge in [0.05, 0.1) is 0 Å². The Bertz CT molecular complexity index is 151. The monoisotopic (exact) mass is 138 g/mol. The van der Waals surface area contributed by atoms with Gasteiger partial charge < -0.3 is 4.79 Å². The van der Waals surface area contributed by atoms with Crippen LogP contribution in [0, 0.1) is 23.7 Å². The molecule has 2 rings (SSSR count). The van der Waals surface area contributed by atoms with Crippen molar-refractivity contribution in [1.82, 2.24) is 0 Å². The summed E-state index contributed by atoms with van der Waals surface area (Å²) in [6, 6.07) is 0. The van der Waals surface area contributed by atoms with Crippen LogP contribution in [0.2, 0.25) is 0 Å². The predicted molar refractivity (Wildman–Crippen MR) is 39.5 cm³/mol. The summed E-state index contributed by atoms with van der Waals surface area (Å²) in [6.45, 7) is 2.24. The zero-order valence-corrected chi connectivity index (χ0v) is 6.42. The van der Waals surface area contributed by atoms with Crippen molar-refractivity contribution < 1.29 is 4.79 Å². The first kappa shape index (κ1) is 6.38. The molecule has 2 aliphatic carbocycles. The zero-order chi connectivity index (χ0) is 7.14. The Morgan fingerprint density at radius 2 is 2.00 bits per heavy atom. The topological polar surface area (TPSA) is 17.1 Å². The summed E-state index contributed by atoms with van der Waals surface area (Å²) < 4.78 is 0. The summed E-state index contributed by atoms with van der Waals surface area (Å²) >= 11 is 0. The lowest BCUT2D eigenvalue weighted by atomic mass is 9.81. The molecular formula is C9H14O. The fourth-order valence-electron chi connectivity index (χ4n) is 2.86. The van der Waals surface area contributed by atoms with Crippen molar-refractivity contribution in [3.05, 3.63) is 0 Å². The normalized spacial score (nSPS) is 51.7. The summed E-state index contributed by atoms with van der Waals surface area (Å²) in [6.07, 6.45) is 5.23. The molecule has 2 saturated carbocycles. The number of carbonyl (C=O) groups excluding carboxylic acids is 1. The highest BCUT2D eigenvalue weighted by atomic mass is 16.1. The van der Waals surface area contributed by atoms with Gasteiger partial charge in [0.1, 0.15) is 6.29 Å². The van der Waals surface area contributed by atoms with Crippen LogP contribution in [0.15, 0.2) is 0 Å². The maximum Gasteiger partial charge on any atom is 0.123 e. The van der Waals surface area contributed by atoms with Crippen LogP contribution in [-0.2, 0) is 4.79 Å². The zero-order valence-electron chi connectivity index (χ0n) is 6.42. The molecule has 1 nitrogen and oxygen atoms in total. The van der Waals surface area contributed by atoms with E-state index in [1.165, 1.54) is 25.5 Å². The van der Waals surface area contributed by atoms with E-state index in [0.29, 0.717) is 11.8 Å².